The quantitative estimate of drug-likeness (QED) is 0.180. The zero-order chi connectivity index (χ0) is 33.0. The van der Waals surface area contributed by atoms with Gasteiger partial charge in [-0.15, -0.1) is 0 Å². The Balaban J connectivity index is 1.39. The van der Waals surface area contributed by atoms with Crippen molar-refractivity contribution in [1.29, 1.82) is 0 Å². The summed E-state index contributed by atoms with van der Waals surface area (Å²) in [5.41, 5.74) is 12.8. The van der Waals surface area contributed by atoms with Crippen LogP contribution in [0.1, 0.15) is 13.3 Å². The van der Waals surface area contributed by atoms with Crippen LogP contribution in [0.2, 0.25) is 0 Å². The monoisotopic (exact) mass is 630 g/mol. The SMILES string of the molecule is CC1CC=CC=C1N(c1ccccc1)c1cc(Nc2ccccc2)cc(-c2cc3ccccc3cc2-c2ccccc2-c2ccccc2)c1. The van der Waals surface area contributed by atoms with E-state index in [1.54, 1.807) is 0 Å². The Morgan fingerprint density at radius 2 is 1.10 bits per heavy atom. The standard InChI is InChI=1S/C47H38N2/c1-34-17-11-16-28-47(34)49(41-24-9-4-10-25-41)42-30-38(29-40(33-42)48-39-22-7-3-8-23-39)45-31-36-20-12-13-21-37(36)32-46(45)44-27-15-14-26-43(44)35-18-5-2-6-19-35/h2-16,18-34,48H,17H2,1H3. The van der Waals surface area contributed by atoms with Crippen LogP contribution in [0.15, 0.2) is 194 Å². The molecule has 0 amide bonds. The molecule has 49 heavy (non-hydrogen) atoms. The maximum Gasteiger partial charge on any atom is 0.0485 e. The number of anilines is 4. The smallest absolute Gasteiger partial charge is 0.0485 e. The van der Waals surface area contributed by atoms with E-state index in [2.05, 4.69) is 205 Å². The second kappa shape index (κ2) is 13.5. The van der Waals surface area contributed by atoms with Crippen LogP contribution in [-0.2, 0) is 0 Å². The van der Waals surface area contributed by atoms with Gasteiger partial charge in [0, 0.05) is 34.4 Å². The summed E-state index contributed by atoms with van der Waals surface area (Å²) in [6, 6.07) is 61.1. The molecule has 0 aromatic heterocycles. The van der Waals surface area contributed by atoms with Gasteiger partial charge in [0.1, 0.15) is 0 Å². The molecule has 1 unspecified atom stereocenters. The largest absolute Gasteiger partial charge is 0.355 e. The molecule has 0 fully saturated rings. The summed E-state index contributed by atoms with van der Waals surface area (Å²) < 4.78 is 0. The fourth-order valence-electron chi connectivity index (χ4n) is 7.00. The zero-order valence-electron chi connectivity index (χ0n) is 27.6. The predicted molar refractivity (Wildman–Crippen MR) is 210 cm³/mol. The molecule has 0 saturated heterocycles. The van der Waals surface area contributed by atoms with Crippen LogP contribution < -0.4 is 10.2 Å². The van der Waals surface area contributed by atoms with E-state index < -0.39 is 0 Å². The number of hydrogen-bond donors (Lipinski definition) is 1. The number of allylic oxidation sites excluding steroid dienone is 4. The number of nitrogens with zero attached hydrogens (tertiary/aromatic N) is 1. The first-order chi connectivity index (χ1) is 24.2. The lowest BCUT2D eigenvalue weighted by molar-refractivity contribution is 0.670. The van der Waals surface area contributed by atoms with Gasteiger partial charge in [-0.05, 0) is 111 Å². The van der Waals surface area contributed by atoms with Crippen molar-refractivity contribution < 1.29 is 0 Å². The van der Waals surface area contributed by atoms with Crippen LogP contribution in [0.3, 0.4) is 0 Å². The van der Waals surface area contributed by atoms with Gasteiger partial charge in [-0.25, -0.2) is 0 Å². The van der Waals surface area contributed by atoms with E-state index in [-0.39, 0.29) is 0 Å². The highest BCUT2D eigenvalue weighted by atomic mass is 15.2. The second-order valence-electron chi connectivity index (χ2n) is 12.7. The van der Waals surface area contributed by atoms with Gasteiger partial charge in [0.15, 0.2) is 0 Å². The number of hydrogen-bond acceptors (Lipinski definition) is 2. The first kappa shape index (κ1) is 30.2. The fourth-order valence-corrected chi connectivity index (χ4v) is 7.00. The van der Waals surface area contributed by atoms with Crippen molar-refractivity contribution >= 4 is 33.5 Å². The Labute approximate surface area is 289 Å². The van der Waals surface area contributed by atoms with E-state index in [9.17, 15) is 0 Å². The lowest BCUT2D eigenvalue weighted by Gasteiger charge is -2.33. The van der Waals surface area contributed by atoms with Crippen LogP contribution in [-0.4, -0.2) is 0 Å². The van der Waals surface area contributed by atoms with Crippen LogP contribution in [0.4, 0.5) is 22.7 Å². The molecule has 0 radical (unpaired) electrons. The van der Waals surface area contributed by atoms with Gasteiger partial charge >= 0.3 is 0 Å². The number of benzene rings is 7. The molecule has 0 bridgehead atoms. The van der Waals surface area contributed by atoms with Gasteiger partial charge in [-0.1, -0.05) is 134 Å². The first-order valence-electron chi connectivity index (χ1n) is 17.1. The highest BCUT2D eigenvalue weighted by Crippen LogP contribution is 2.44. The molecule has 2 heteroatoms. The van der Waals surface area contributed by atoms with Gasteiger partial charge in [-0.3, -0.25) is 0 Å². The fraction of sp³-hybridized carbons (Fsp3) is 0.0638. The molecule has 236 valence electrons. The van der Waals surface area contributed by atoms with Gasteiger partial charge in [0.2, 0.25) is 0 Å². The van der Waals surface area contributed by atoms with Crippen molar-refractivity contribution in [3.63, 3.8) is 0 Å². The van der Waals surface area contributed by atoms with Gasteiger partial charge in [0.05, 0.1) is 0 Å². The molecule has 0 spiro atoms. The summed E-state index contributed by atoms with van der Waals surface area (Å²) in [5.74, 6) is 0.369. The molecule has 7 aromatic carbocycles. The summed E-state index contributed by atoms with van der Waals surface area (Å²) in [7, 11) is 0. The number of para-hydroxylation sites is 2. The third kappa shape index (κ3) is 6.29. The maximum absolute atomic E-state index is 3.75. The highest BCUT2D eigenvalue weighted by molar-refractivity contribution is 6.00. The lowest BCUT2D eigenvalue weighted by Crippen LogP contribution is -2.22. The summed E-state index contributed by atoms with van der Waals surface area (Å²) in [4.78, 5) is 2.44. The molecular weight excluding hydrogens is 593 g/mol. The van der Waals surface area contributed by atoms with Crippen molar-refractivity contribution in [2.45, 2.75) is 13.3 Å². The van der Waals surface area contributed by atoms with E-state index in [0.717, 1.165) is 34.7 Å². The molecule has 1 N–H and O–H groups in total. The zero-order valence-corrected chi connectivity index (χ0v) is 27.6. The molecular formula is C47H38N2. The minimum Gasteiger partial charge on any atom is -0.355 e. The molecule has 0 saturated carbocycles. The average molecular weight is 631 g/mol. The van der Waals surface area contributed by atoms with Crippen LogP contribution in [0.5, 0.6) is 0 Å². The minimum absolute atomic E-state index is 0.369. The summed E-state index contributed by atoms with van der Waals surface area (Å²) >= 11 is 0. The van der Waals surface area contributed by atoms with E-state index in [0.29, 0.717) is 5.92 Å². The topological polar surface area (TPSA) is 15.3 Å². The normalized spacial score (nSPS) is 14.0. The number of nitrogens with one attached hydrogen (secondary N) is 1. The summed E-state index contributed by atoms with van der Waals surface area (Å²) in [6.45, 7) is 2.32. The molecule has 0 heterocycles. The molecule has 0 aliphatic heterocycles. The molecule has 2 nitrogen and oxygen atoms in total. The van der Waals surface area contributed by atoms with E-state index in [1.165, 1.54) is 44.3 Å². The van der Waals surface area contributed by atoms with Gasteiger partial charge in [-0.2, -0.15) is 0 Å². The van der Waals surface area contributed by atoms with Gasteiger partial charge in [0.25, 0.3) is 0 Å². The summed E-state index contributed by atoms with van der Waals surface area (Å²) in [6.07, 6.45) is 7.74. The Morgan fingerprint density at radius 3 is 1.82 bits per heavy atom. The third-order valence-corrected chi connectivity index (χ3v) is 9.41. The molecule has 1 aliphatic rings. The minimum atomic E-state index is 0.369. The molecule has 7 aromatic rings. The van der Waals surface area contributed by atoms with E-state index in [4.69, 9.17) is 0 Å². The second-order valence-corrected chi connectivity index (χ2v) is 12.7. The Hall–Kier alpha value is -6.12. The van der Waals surface area contributed by atoms with Crippen LogP contribution >= 0.6 is 0 Å². The molecule has 1 atom stereocenters. The van der Waals surface area contributed by atoms with Crippen LogP contribution in [0, 0.1) is 5.92 Å². The Kier molecular flexibility index (Phi) is 8.36. The molecule has 8 rings (SSSR count). The third-order valence-electron chi connectivity index (χ3n) is 9.41. The lowest BCUT2D eigenvalue weighted by atomic mass is 9.87. The number of fused-ring (bicyclic) bond motifs is 1. The van der Waals surface area contributed by atoms with E-state index in [1.807, 2.05) is 0 Å². The predicted octanol–water partition coefficient (Wildman–Crippen LogP) is 13.2. The van der Waals surface area contributed by atoms with Crippen molar-refractivity contribution in [3.8, 4) is 33.4 Å². The Morgan fingerprint density at radius 1 is 0.490 bits per heavy atom. The number of rotatable bonds is 8. The van der Waals surface area contributed by atoms with E-state index >= 15 is 0 Å². The Bertz CT molecular complexity index is 2290. The van der Waals surface area contributed by atoms with Crippen molar-refractivity contribution in [2.75, 3.05) is 10.2 Å². The van der Waals surface area contributed by atoms with Gasteiger partial charge < -0.3 is 10.2 Å². The highest BCUT2D eigenvalue weighted by Gasteiger charge is 2.23. The van der Waals surface area contributed by atoms with Crippen LogP contribution in [0.25, 0.3) is 44.2 Å². The maximum atomic E-state index is 3.75. The van der Waals surface area contributed by atoms with Crippen molar-refractivity contribution in [1.82, 2.24) is 0 Å². The van der Waals surface area contributed by atoms with Crippen molar-refractivity contribution in [3.05, 3.63) is 194 Å². The first-order valence-corrected chi connectivity index (χ1v) is 17.1. The molecule has 1 aliphatic carbocycles. The van der Waals surface area contributed by atoms with Crippen molar-refractivity contribution in [2.24, 2.45) is 5.92 Å². The average Bonchev–Trinajstić information content (AvgIpc) is 3.16. The summed E-state index contributed by atoms with van der Waals surface area (Å²) in [5, 5.41) is 6.19.